The second kappa shape index (κ2) is 3.49. The van der Waals surface area contributed by atoms with E-state index in [4.69, 9.17) is 5.73 Å². The largest absolute Gasteiger partial charge is 0.320 e. The van der Waals surface area contributed by atoms with Crippen LogP contribution >= 0.6 is 21.2 Å². The van der Waals surface area contributed by atoms with E-state index in [0.29, 0.717) is 4.55 Å². The van der Waals surface area contributed by atoms with Crippen LogP contribution in [0.2, 0.25) is 0 Å². The second-order valence-electron chi connectivity index (χ2n) is 0.263. The maximum atomic E-state index is 9.28. The van der Waals surface area contributed by atoms with Crippen molar-refractivity contribution >= 4 is 21.2 Å². The number of rotatable bonds is 1. The molecule has 0 aliphatic rings. The predicted octanol–water partition coefficient (Wildman–Crippen LogP) is 0.219. The fourth-order valence-corrected chi connectivity index (χ4v) is 0. The van der Waals surface area contributed by atoms with Crippen molar-refractivity contribution in [1.29, 1.82) is 0 Å². The van der Waals surface area contributed by atoms with Gasteiger partial charge in [-0.15, -0.1) is 0 Å². The van der Waals surface area contributed by atoms with Crippen LogP contribution in [0.15, 0.2) is 0 Å². The SMILES string of the molecule is NCI=O. The van der Waals surface area contributed by atoms with Crippen molar-refractivity contribution in [2.45, 2.75) is 0 Å². The highest BCUT2D eigenvalue weighted by molar-refractivity contribution is 14.1. The Bertz CT molecular complexity index is 22.0. The van der Waals surface area contributed by atoms with Gasteiger partial charge in [-0.3, -0.25) is 3.07 Å². The second-order valence-corrected chi connectivity index (χ2v) is 1.77. The van der Waals surface area contributed by atoms with Crippen LogP contribution in [0.1, 0.15) is 0 Å². The topological polar surface area (TPSA) is 43.1 Å². The highest BCUT2D eigenvalue weighted by Crippen LogP contribution is 1.77. The summed E-state index contributed by atoms with van der Waals surface area (Å²) in [5.74, 6) is 0. The summed E-state index contributed by atoms with van der Waals surface area (Å²) in [5.41, 5.74) is 4.76. The van der Waals surface area contributed by atoms with Gasteiger partial charge >= 0.3 is 0 Å². The molecule has 2 nitrogen and oxygen atoms in total. The van der Waals surface area contributed by atoms with Crippen LogP contribution in [-0.2, 0) is 3.07 Å². The normalized spacial score (nSPS) is 7.25. The lowest BCUT2D eigenvalue weighted by atomic mass is 11.6. The van der Waals surface area contributed by atoms with Crippen molar-refractivity contribution < 1.29 is 3.07 Å². The Morgan fingerprint density at radius 3 is 2.25 bits per heavy atom. The van der Waals surface area contributed by atoms with Crippen LogP contribution in [0, 0.1) is 0 Å². The maximum absolute atomic E-state index is 9.28. The van der Waals surface area contributed by atoms with Gasteiger partial charge in [0, 0.05) is 0 Å². The highest BCUT2D eigenvalue weighted by atomic mass is 127. The van der Waals surface area contributed by atoms with Crippen LogP contribution in [0.3, 0.4) is 0 Å². The minimum atomic E-state index is -0.862. The minimum Gasteiger partial charge on any atom is -0.320 e. The molecule has 0 aliphatic carbocycles. The molecule has 0 radical (unpaired) electrons. The van der Waals surface area contributed by atoms with Gasteiger partial charge < -0.3 is 5.73 Å². The first kappa shape index (κ1) is 4.49. The monoisotopic (exact) mass is 173 g/mol. The van der Waals surface area contributed by atoms with Crippen LogP contribution in [0.5, 0.6) is 0 Å². The smallest absolute Gasteiger partial charge is 0.159 e. The number of nitrogens with two attached hydrogens (primary N) is 1. The summed E-state index contributed by atoms with van der Waals surface area (Å²) in [6, 6.07) is 0. The third-order valence-electron chi connectivity index (χ3n) is 0.0630. The molecule has 0 heterocycles. The van der Waals surface area contributed by atoms with Crippen molar-refractivity contribution in [3.8, 4) is 0 Å². The molecule has 0 atom stereocenters. The summed E-state index contributed by atoms with van der Waals surface area (Å²) in [6.45, 7) is 0. The van der Waals surface area contributed by atoms with E-state index in [2.05, 4.69) is 0 Å². The van der Waals surface area contributed by atoms with Gasteiger partial charge in [-0.1, -0.05) is 0 Å². The summed E-state index contributed by atoms with van der Waals surface area (Å²) >= 11 is -0.862. The summed E-state index contributed by atoms with van der Waals surface area (Å²) in [5, 5.41) is 0. The van der Waals surface area contributed by atoms with E-state index in [1.165, 1.54) is 0 Å². The van der Waals surface area contributed by atoms with Gasteiger partial charge in [-0.05, 0) is 0 Å². The van der Waals surface area contributed by atoms with Crippen LogP contribution in [0.25, 0.3) is 0 Å². The Kier molecular flexibility index (Phi) is 3.92. The molecule has 0 saturated carbocycles. The Balaban J connectivity index is 2.30. The lowest BCUT2D eigenvalue weighted by molar-refractivity contribution is 0.647. The molecule has 0 bridgehead atoms. The lowest BCUT2D eigenvalue weighted by Gasteiger charge is -1.53. The molecule has 0 saturated heterocycles. The first-order valence-corrected chi connectivity index (χ1v) is 3.24. The number of hydrogen-bond acceptors (Lipinski definition) is 2. The Morgan fingerprint density at radius 1 is 2.00 bits per heavy atom. The van der Waals surface area contributed by atoms with Crippen LogP contribution in [-0.4, -0.2) is 4.55 Å². The average Bonchev–Trinajstić information content (AvgIpc) is 1.37. The van der Waals surface area contributed by atoms with Crippen molar-refractivity contribution in [2.75, 3.05) is 4.55 Å². The third-order valence-corrected chi connectivity index (χ3v) is 0.423. The summed E-state index contributed by atoms with van der Waals surface area (Å²) < 4.78 is 9.66. The van der Waals surface area contributed by atoms with Gasteiger partial charge in [0.1, 0.15) is 0 Å². The van der Waals surface area contributed by atoms with Crippen molar-refractivity contribution in [3.05, 3.63) is 0 Å². The van der Waals surface area contributed by atoms with Crippen LogP contribution < -0.4 is 5.73 Å². The predicted molar refractivity (Wildman–Crippen MR) is 23.8 cm³/mol. The molecular weight excluding hydrogens is 169 g/mol. The van der Waals surface area contributed by atoms with E-state index in [1.54, 1.807) is 0 Å². The third kappa shape index (κ3) is 2.49. The number of hydrogen-bond donors (Lipinski definition) is 1. The molecule has 0 spiro atoms. The van der Waals surface area contributed by atoms with Gasteiger partial charge in [0.05, 0.1) is 4.55 Å². The Hall–Kier alpha value is 0.490. The maximum Gasteiger partial charge on any atom is 0.159 e. The molecule has 0 aromatic heterocycles. The van der Waals surface area contributed by atoms with E-state index in [1.807, 2.05) is 0 Å². The standard InChI is InChI=1S/CH4INO/c3-1-2-4/h1,3H2. The molecule has 3 heteroatoms. The van der Waals surface area contributed by atoms with Gasteiger partial charge in [0.25, 0.3) is 0 Å². The molecule has 0 unspecified atom stereocenters. The minimum absolute atomic E-state index is 0.374. The first-order valence-electron chi connectivity index (χ1n) is 0.830. The van der Waals surface area contributed by atoms with Crippen molar-refractivity contribution in [2.24, 2.45) is 5.73 Å². The van der Waals surface area contributed by atoms with E-state index in [9.17, 15) is 3.07 Å². The first-order chi connectivity index (χ1) is 1.91. The summed E-state index contributed by atoms with van der Waals surface area (Å²) in [6.07, 6.45) is 0. The molecule has 0 fully saturated rings. The van der Waals surface area contributed by atoms with Gasteiger partial charge in [0.2, 0.25) is 0 Å². The fraction of sp³-hybridized carbons (Fsp3) is 1.00. The summed E-state index contributed by atoms with van der Waals surface area (Å²) in [7, 11) is 0. The van der Waals surface area contributed by atoms with E-state index >= 15 is 0 Å². The number of alkyl halides is 1. The van der Waals surface area contributed by atoms with E-state index in [0.717, 1.165) is 0 Å². The zero-order chi connectivity index (χ0) is 3.41. The molecule has 0 aromatic rings. The number of halogens is 1. The molecule has 2 N–H and O–H groups in total. The molecule has 0 rings (SSSR count). The Labute approximate surface area is 35.0 Å². The van der Waals surface area contributed by atoms with Gasteiger partial charge in [-0.25, -0.2) is 0 Å². The molecule has 0 aromatic carbocycles. The quantitative estimate of drug-likeness (QED) is 0.350. The molecular formula is CH4INO. The molecule has 0 amide bonds. The van der Waals surface area contributed by atoms with Crippen LogP contribution in [0.4, 0.5) is 0 Å². The summed E-state index contributed by atoms with van der Waals surface area (Å²) in [4.78, 5) is 0. The molecule has 0 aliphatic heterocycles. The Morgan fingerprint density at radius 2 is 2.25 bits per heavy atom. The van der Waals surface area contributed by atoms with E-state index in [-0.39, 0.29) is 0 Å². The zero-order valence-electron chi connectivity index (χ0n) is 2.07. The lowest BCUT2D eigenvalue weighted by Crippen LogP contribution is -1.84. The van der Waals surface area contributed by atoms with Crippen molar-refractivity contribution in [3.63, 3.8) is 0 Å². The van der Waals surface area contributed by atoms with E-state index < -0.39 is 21.2 Å². The highest BCUT2D eigenvalue weighted by Gasteiger charge is 1.53. The fourth-order valence-electron chi connectivity index (χ4n) is 0. The van der Waals surface area contributed by atoms with Gasteiger partial charge in [0.15, 0.2) is 21.2 Å². The molecule has 26 valence electrons. The van der Waals surface area contributed by atoms with Crippen molar-refractivity contribution in [1.82, 2.24) is 0 Å². The zero-order valence-corrected chi connectivity index (χ0v) is 4.23. The average molecular weight is 173 g/mol. The molecule has 4 heavy (non-hydrogen) atoms. The van der Waals surface area contributed by atoms with Gasteiger partial charge in [-0.2, -0.15) is 0 Å².